The summed E-state index contributed by atoms with van der Waals surface area (Å²) in [6.45, 7) is 6.41. The van der Waals surface area contributed by atoms with Crippen molar-refractivity contribution in [1.82, 2.24) is 10.2 Å². The highest BCUT2D eigenvalue weighted by molar-refractivity contribution is 5.84. The maximum absolute atomic E-state index is 12.5. The van der Waals surface area contributed by atoms with Crippen LogP contribution in [-0.2, 0) is 9.53 Å². The lowest BCUT2D eigenvalue weighted by Gasteiger charge is -2.31. The van der Waals surface area contributed by atoms with Gasteiger partial charge in [-0.3, -0.25) is 10.1 Å². The van der Waals surface area contributed by atoms with Gasteiger partial charge < -0.3 is 9.64 Å². The zero-order valence-electron chi connectivity index (χ0n) is 12.0. The molecule has 2 aliphatic rings. The number of nitrogens with one attached hydrogen (secondary N) is 1. The van der Waals surface area contributed by atoms with Crippen LogP contribution >= 0.6 is 0 Å². The van der Waals surface area contributed by atoms with Crippen molar-refractivity contribution in [1.29, 1.82) is 0 Å². The Kier molecular flexibility index (Phi) is 4.28. The molecular formula is C14H26N2O2. The average Bonchev–Trinajstić information content (AvgIpc) is 2.84. The van der Waals surface area contributed by atoms with Crippen LogP contribution in [0.1, 0.15) is 46.5 Å². The first kappa shape index (κ1) is 13.8. The van der Waals surface area contributed by atoms with Crippen molar-refractivity contribution in [3.63, 3.8) is 0 Å². The fraction of sp³-hybridized carbons (Fsp3) is 0.929. The number of methoxy groups -OCH3 is 1. The second-order valence-electron chi connectivity index (χ2n) is 6.04. The van der Waals surface area contributed by atoms with Crippen molar-refractivity contribution >= 4 is 5.91 Å². The van der Waals surface area contributed by atoms with Crippen LogP contribution in [0.15, 0.2) is 0 Å². The van der Waals surface area contributed by atoms with Crippen LogP contribution in [-0.4, -0.2) is 42.3 Å². The van der Waals surface area contributed by atoms with Crippen molar-refractivity contribution in [2.24, 2.45) is 5.92 Å². The van der Waals surface area contributed by atoms with E-state index in [0.717, 1.165) is 25.7 Å². The molecule has 4 heteroatoms. The lowest BCUT2D eigenvalue weighted by molar-refractivity contribution is -0.134. The maximum Gasteiger partial charge on any atom is 0.241 e. The quantitative estimate of drug-likeness (QED) is 0.831. The molecule has 2 fully saturated rings. The van der Waals surface area contributed by atoms with E-state index in [-0.39, 0.29) is 30.3 Å². The lowest BCUT2D eigenvalue weighted by Crippen LogP contribution is -2.47. The number of hydrogen-bond acceptors (Lipinski definition) is 3. The van der Waals surface area contributed by atoms with Crippen molar-refractivity contribution in [3.05, 3.63) is 0 Å². The minimum atomic E-state index is -0.00175. The van der Waals surface area contributed by atoms with Gasteiger partial charge in [-0.1, -0.05) is 13.8 Å². The molecule has 1 amide bonds. The number of rotatable bonds is 4. The summed E-state index contributed by atoms with van der Waals surface area (Å²) in [4.78, 5) is 14.5. The van der Waals surface area contributed by atoms with E-state index in [1.165, 1.54) is 0 Å². The van der Waals surface area contributed by atoms with Crippen molar-refractivity contribution in [2.45, 2.75) is 70.8 Å². The molecule has 18 heavy (non-hydrogen) atoms. The molecule has 1 N–H and O–H groups in total. The third kappa shape index (κ3) is 2.54. The van der Waals surface area contributed by atoms with Gasteiger partial charge in [0.2, 0.25) is 5.91 Å². The summed E-state index contributed by atoms with van der Waals surface area (Å²) in [5.74, 6) is 0.811. The molecule has 104 valence electrons. The molecule has 4 unspecified atom stereocenters. The van der Waals surface area contributed by atoms with Gasteiger partial charge in [-0.15, -0.1) is 0 Å². The molecule has 0 spiro atoms. The summed E-state index contributed by atoms with van der Waals surface area (Å²) in [6, 6.07) is 0.264. The van der Waals surface area contributed by atoms with Gasteiger partial charge in [0, 0.05) is 7.11 Å². The molecule has 0 aromatic carbocycles. The molecule has 0 bridgehead atoms. The van der Waals surface area contributed by atoms with Gasteiger partial charge >= 0.3 is 0 Å². The molecule has 1 heterocycles. The van der Waals surface area contributed by atoms with Crippen molar-refractivity contribution in [3.8, 4) is 0 Å². The van der Waals surface area contributed by atoms with E-state index in [4.69, 9.17) is 4.74 Å². The number of hydrogen-bond donors (Lipinski definition) is 1. The van der Waals surface area contributed by atoms with E-state index in [9.17, 15) is 4.79 Å². The van der Waals surface area contributed by atoms with Crippen LogP contribution in [0.25, 0.3) is 0 Å². The van der Waals surface area contributed by atoms with Gasteiger partial charge in [-0.05, 0) is 38.5 Å². The molecule has 1 saturated carbocycles. The lowest BCUT2D eigenvalue weighted by atomic mass is 10.0. The molecule has 0 radical (unpaired) electrons. The van der Waals surface area contributed by atoms with Crippen LogP contribution in [0.5, 0.6) is 0 Å². The smallest absolute Gasteiger partial charge is 0.241 e. The van der Waals surface area contributed by atoms with Gasteiger partial charge in [0.1, 0.15) is 0 Å². The number of ether oxygens (including phenoxy) is 1. The molecule has 1 aliphatic heterocycles. The molecule has 1 saturated heterocycles. The Morgan fingerprint density at radius 1 is 1.44 bits per heavy atom. The molecule has 0 aromatic heterocycles. The predicted molar refractivity (Wildman–Crippen MR) is 71.1 cm³/mol. The molecule has 0 aromatic rings. The predicted octanol–water partition coefficient (Wildman–Crippen LogP) is 1.75. The van der Waals surface area contributed by atoms with Gasteiger partial charge in [0.15, 0.2) is 0 Å². The van der Waals surface area contributed by atoms with E-state index in [1.54, 1.807) is 7.11 Å². The van der Waals surface area contributed by atoms with Crippen molar-refractivity contribution in [2.75, 3.05) is 7.11 Å². The zero-order chi connectivity index (χ0) is 13.3. The van der Waals surface area contributed by atoms with E-state index < -0.39 is 0 Å². The maximum atomic E-state index is 12.5. The highest BCUT2D eigenvalue weighted by atomic mass is 16.5. The first-order chi connectivity index (χ1) is 8.54. The highest BCUT2D eigenvalue weighted by Crippen LogP contribution is 2.30. The Morgan fingerprint density at radius 3 is 2.78 bits per heavy atom. The summed E-state index contributed by atoms with van der Waals surface area (Å²) in [5, 5.41) is 3.43. The average molecular weight is 254 g/mol. The van der Waals surface area contributed by atoms with Crippen molar-refractivity contribution < 1.29 is 9.53 Å². The molecule has 2 rings (SSSR count). The number of amides is 1. The Bertz CT molecular complexity index is 306. The molecule has 1 aliphatic carbocycles. The number of carbonyl (C=O) groups excluding carboxylic acids is 1. The third-order valence-corrected chi connectivity index (χ3v) is 4.20. The third-order valence-electron chi connectivity index (χ3n) is 4.20. The summed E-state index contributed by atoms with van der Waals surface area (Å²) < 4.78 is 5.53. The standard InChI is InChI=1S/C14H26N2O2/c1-9(2)8-11-14(17)16(10(3)15-11)12-6-5-7-13(12)18-4/h9-13,15H,5-8H2,1-4H3. The van der Waals surface area contributed by atoms with E-state index in [2.05, 4.69) is 26.1 Å². The van der Waals surface area contributed by atoms with Crippen LogP contribution in [0.2, 0.25) is 0 Å². The molecular weight excluding hydrogens is 228 g/mol. The summed E-state index contributed by atoms with van der Waals surface area (Å²) in [5.41, 5.74) is 0. The van der Waals surface area contributed by atoms with Gasteiger partial charge in [-0.2, -0.15) is 0 Å². The van der Waals surface area contributed by atoms with E-state index in [1.807, 2.05) is 4.90 Å². The van der Waals surface area contributed by atoms with Crippen LogP contribution < -0.4 is 5.32 Å². The Hall–Kier alpha value is -0.610. The second-order valence-corrected chi connectivity index (χ2v) is 6.04. The van der Waals surface area contributed by atoms with Gasteiger partial charge in [-0.25, -0.2) is 0 Å². The first-order valence-electron chi connectivity index (χ1n) is 7.15. The highest BCUT2D eigenvalue weighted by Gasteiger charge is 2.44. The largest absolute Gasteiger partial charge is 0.379 e. The Morgan fingerprint density at radius 2 is 2.17 bits per heavy atom. The SMILES string of the molecule is COC1CCCC1N1C(=O)C(CC(C)C)NC1C. The monoisotopic (exact) mass is 254 g/mol. The number of nitrogens with zero attached hydrogens (tertiary/aromatic N) is 1. The zero-order valence-corrected chi connectivity index (χ0v) is 12.0. The van der Waals surface area contributed by atoms with Crippen LogP contribution in [0.4, 0.5) is 0 Å². The van der Waals surface area contributed by atoms with E-state index >= 15 is 0 Å². The van der Waals surface area contributed by atoms with Crippen LogP contribution in [0, 0.1) is 5.92 Å². The second kappa shape index (κ2) is 5.57. The van der Waals surface area contributed by atoms with E-state index in [0.29, 0.717) is 5.92 Å². The summed E-state index contributed by atoms with van der Waals surface area (Å²) in [7, 11) is 1.76. The van der Waals surface area contributed by atoms with Gasteiger partial charge in [0.05, 0.1) is 24.4 Å². The summed E-state index contributed by atoms with van der Waals surface area (Å²) in [6.07, 6.45) is 4.59. The minimum absolute atomic E-state index is 0.00175. The fourth-order valence-electron chi connectivity index (χ4n) is 3.40. The Labute approximate surface area is 110 Å². The topological polar surface area (TPSA) is 41.6 Å². The summed E-state index contributed by atoms with van der Waals surface area (Å²) >= 11 is 0. The molecule has 4 atom stereocenters. The molecule has 4 nitrogen and oxygen atoms in total. The normalized spacial score (nSPS) is 36.9. The fourth-order valence-corrected chi connectivity index (χ4v) is 3.40. The first-order valence-corrected chi connectivity index (χ1v) is 7.15. The van der Waals surface area contributed by atoms with Crippen LogP contribution in [0.3, 0.4) is 0 Å². The Balaban J connectivity index is 2.06. The number of carbonyl (C=O) groups is 1. The van der Waals surface area contributed by atoms with Gasteiger partial charge in [0.25, 0.3) is 0 Å². The minimum Gasteiger partial charge on any atom is -0.379 e.